The fraction of sp³-hybridized carbons (Fsp3) is 0.333. The van der Waals surface area contributed by atoms with Crippen molar-refractivity contribution >= 4 is 17.8 Å². The summed E-state index contributed by atoms with van der Waals surface area (Å²) in [7, 11) is 0. The first-order chi connectivity index (χ1) is 13.6. The average molecular weight is 380 g/mol. The number of carbonyl (C=O) groups is 2. The number of ether oxygens (including phenoxy) is 2. The smallest absolute Gasteiger partial charge is 0.343 e. The van der Waals surface area contributed by atoms with Crippen LogP contribution in [0.2, 0.25) is 0 Å². The molecule has 0 aliphatic rings. The summed E-state index contributed by atoms with van der Waals surface area (Å²) in [6.45, 7) is 4.39. The van der Waals surface area contributed by atoms with E-state index in [1.54, 1.807) is 54.6 Å². The zero-order valence-electron chi connectivity index (χ0n) is 16.6. The Labute approximate surface area is 167 Å². The second-order valence-corrected chi connectivity index (χ2v) is 6.69. The first-order valence-electron chi connectivity index (χ1n) is 9.82. The van der Waals surface area contributed by atoms with Crippen molar-refractivity contribution in [3.8, 4) is 11.5 Å². The van der Waals surface area contributed by atoms with Gasteiger partial charge in [-0.3, -0.25) is 4.79 Å². The Hall–Kier alpha value is -2.88. The van der Waals surface area contributed by atoms with Crippen molar-refractivity contribution in [2.45, 2.75) is 46.0 Å². The molecule has 2 aromatic rings. The molecule has 0 N–H and O–H groups in total. The minimum Gasteiger partial charge on any atom is -0.494 e. The molecule has 0 radical (unpaired) electrons. The van der Waals surface area contributed by atoms with Crippen LogP contribution in [0.5, 0.6) is 11.5 Å². The van der Waals surface area contributed by atoms with Gasteiger partial charge in [-0.05, 0) is 61.4 Å². The van der Waals surface area contributed by atoms with Gasteiger partial charge < -0.3 is 9.47 Å². The molecule has 0 unspecified atom stereocenters. The van der Waals surface area contributed by atoms with E-state index >= 15 is 0 Å². The Morgan fingerprint density at radius 1 is 0.857 bits per heavy atom. The predicted octanol–water partition coefficient (Wildman–Crippen LogP) is 5.86. The van der Waals surface area contributed by atoms with Gasteiger partial charge in [0.1, 0.15) is 11.5 Å². The molecule has 0 bridgehead atoms. The second-order valence-electron chi connectivity index (χ2n) is 6.69. The molecule has 4 nitrogen and oxygen atoms in total. The fourth-order valence-electron chi connectivity index (χ4n) is 2.61. The Balaban J connectivity index is 1.81. The molecule has 0 fully saturated rings. The molecule has 2 aromatic carbocycles. The summed E-state index contributed by atoms with van der Waals surface area (Å²) in [6, 6.07) is 14.0. The number of rotatable bonds is 11. The molecule has 0 amide bonds. The lowest BCUT2D eigenvalue weighted by atomic mass is 10.2. The van der Waals surface area contributed by atoms with E-state index < -0.39 is 5.97 Å². The van der Waals surface area contributed by atoms with Crippen molar-refractivity contribution in [1.82, 2.24) is 0 Å². The lowest BCUT2D eigenvalue weighted by Gasteiger charge is -2.08. The monoisotopic (exact) mass is 380 g/mol. The molecule has 0 atom stereocenters. The summed E-state index contributed by atoms with van der Waals surface area (Å²) < 4.78 is 11.1. The molecule has 0 aliphatic carbocycles. The van der Waals surface area contributed by atoms with Gasteiger partial charge in [0.25, 0.3) is 0 Å². The minimum absolute atomic E-state index is 0.0144. The van der Waals surface area contributed by atoms with Crippen LogP contribution >= 0.6 is 0 Å². The number of benzene rings is 2. The topological polar surface area (TPSA) is 52.6 Å². The third kappa shape index (κ3) is 7.78. The van der Waals surface area contributed by atoms with Crippen molar-refractivity contribution < 1.29 is 19.1 Å². The van der Waals surface area contributed by atoms with Crippen LogP contribution in [0.25, 0.3) is 6.08 Å². The molecule has 0 aliphatic heterocycles. The minimum atomic E-state index is -0.418. The molecular weight excluding hydrogens is 352 g/mol. The van der Waals surface area contributed by atoms with E-state index in [9.17, 15) is 9.59 Å². The zero-order valence-corrected chi connectivity index (χ0v) is 16.6. The van der Waals surface area contributed by atoms with Gasteiger partial charge in [0.15, 0.2) is 5.78 Å². The maximum Gasteiger partial charge on any atom is 0.343 e. The van der Waals surface area contributed by atoms with E-state index in [2.05, 4.69) is 6.92 Å². The van der Waals surface area contributed by atoms with Crippen LogP contribution in [0.3, 0.4) is 0 Å². The largest absolute Gasteiger partial charge is 0.494 e. The van der Waals surface area contributed by atoms with Crippen molar-refractivity contribution in [3.63, 3.8) is 0 Å². The van der Waals surface area contributed by atoms with Crippen LogP contribution < -0.4 is 9.47 Å². The van der Waals surface area contributed by atoms with Gasteiger partial charge in [0.2, 0.25) is 0 Å². The van der Waals surface area contributed by atoms with Crippen LogP contribution in [0, 0.1) is 0 Å². The molecule has 2 rings (SSSR count). The summed E-state index contributed by atoms with van der Waals surface area (Å²) in [5.74, 6) is 0.781. The highest BCUT2D eigenvalue weighted by Crippen LogP contribution is 2.17. The van der Waals surface area contributed by atoms with Gasteiger partial charge in [0, 0.05) is 0 Å². The van der Waals surface area contributed by atoms with Gasteiger partial charge in [0.05, 0.1) is 12.2 Å². The number of allylic oxidation sites excluding steroid dienone is 1. The van der Waals surface area contributed by atoms with Gasteiger partial charge in [-0.1, -0.05) is 50.8 Å². The van der Waals surface area contributed by atoms with E-state index in [0.717, 1.165) is 17.7 Å². The number of carbonyl (C=O) groups excluding carboxylic acids is 2. The van der Waals surface area contributed by atoms with Gasteiger partial charge in [-0.25, -0.2) is 4.79 Å². The SMILES string of the molecule is CCCCCCCOc1ccc(C(=O)Oc2ccc(/C=C/C(C)=O)cc2)cc1. The van der Waals surface area contributed by atoms with E-state index in [0.29, 0.717) is 17.9 Å². The zero-order chi connectivity index (χ0) is 20.2. The summed E-state index contributed by atoms with van der Waals surface area (Å²) in [5, 5.41) is 0. The first kappa shape index (κ1) is 21.4. The number of unbranched alkanes of at least 4 members (excludes halogenated alkanes) is 4. The second kappa shape index (κ2) is 11.8. The van der Waals surface area contributed by atoms with Gasteiger partial charge in [-0.2, -0.15) is 0 Å². The van der Waals surface area contributed by atoms with Crippen molar-refractivity contribution in [2.75, 3.05) is 6.61 Å². The Kier molecular flexibility index (Phi) is 8.99. The Morgan fingerprint density at radius 3 is 2.14 bits per heavy atom. The number of esters is 1. The van der Waals surface area contributed by atoms with E-state index in [-0.39, 0.29) is 5.78 Å². The third-order valence-electron chi connectivity index (χ3n) is 4.21. The fourth-order valence-corrected chi connectivity index (χ4v) is 2.61. The lowest BCUT2D eigenvalue weighted by molar-refractivity contribution is -0.112. The van der Waals surface area contributed by atoms with Crippen LogP contribution in [-0.4, -0.2) is 18.4 Å². The van der Waals surface area contributed by atoms with Crippen molar-refractivity contribution in [3.05, 3.63) is 65.7 Å². The van der Waals surface area contributed by atoms with Gasteiger partial charge in [-0.15, -0.1) is 0 Å². The number of ketones is 1. The molecule has 0 saturated carbocycles. The Morgan fingerprint density at radius 2 is 1.50 bits per heavy atom. The molecule has 0 spiro atoms. The quantitative estimate of drug-likeness (QED) is 0.212. The van der Waals surface area contributed by atoms with Crippen molar-refractivity contribution in [1.29, 1.82) is 0 Å². The molecule has 0 saturated heterocycles. The molecule has 28 heavy (non-hydrogen) atoms. The van der Waals surface area contributed by atoms with E-state index in [1.807, 2.05) is 0 Å². The van der Waals surface area contributed by atoms with Crippen LogP contribution in [0.15, 0.2) is 54.6 Å². The molecule has 0 aromatic heterocycles. The third-order valence-corrected chi connectivity index (χ3v) is 4.21. The standard InChI is InChI=1S/C24H28O4/c1-3-4-5-6-7-18-27-22-16-12-21(13-17-22)24(26)28-23-14-10-20(11-15-23)9-8-19(2)25/h8-17H,3-7,18H2,1-2H3/b9-8+. The molecule has 148 valence electrons. The molecular formula is C24H28O4. The summed E-state index contributed by atoms with van der Waals surface area (Å²) in [4.78, 5) is 23.2. The van der Waals surface area contributed by atoms with Crippen LogP contribution in [0.4, 0.5) is 0 Å². The highest BCUT2D eigenvalue weighted by atomic mass is 16.5. The van der Waals surface area contributed by atoms with Crippen LogP contribution in [0.1, 0.15) is 61.9 Å². The summed E-state index contributed by atoms with van der Waals surface area (Å²) in [5.41, 5.74) is 1.34. The maximum absolute atomic E-state index is 12.3. The highest BCUT2D eigenvalue weighted by Gasteiger charge is 2.08. The van der Waals surface area contributed by atoms with E-state index in [4.69, 9.17) is 9.47 Å². The lowest BCUT2D eigenvalue weighted by Crippen LogP contribution is -2.08. The molecule has 4 heteroatoms. The van der Waals surface area contributed by atoms with Crippen LogP contribution in [-0.2, 0) is 4.79 Å². The summed E-state index contributed by atoms with van der Waals surface area (Å²) in [6.07, 6.45) is 9.20. The van der Waals surface area contributed by atoms with Crippen molar-refractivity contribution in [2.24, 2.45) is 0 Å². The molecule has 0 heterocycles. The number of hydrogen-bond donors (Lipinski definition) is 0. The Bertz CT molecular complexity index is 773. The van der Waals surface area contributed by atoms with E-state index in [1.165, 1.54) is 38.7 Å². The highest BCUT2D eigenvalue weighted by molar-refractivity contribution is 5.92. The predicted molar refractivity (Wildman–Crippen MR) is 112 cm³/mol. The van der Waals surface area contributed by atoms with Gasteiger partial charge >= 0.3 is 5.97 Å². The number of hydrogen-bond acceptors (Lipinski definition) is 4. The average Bonchev–Trinajstić information content (AvgIpc) is 2.70. The maximum atomic E-state index is 12.3. The summed E-state index contributed by atoms with van der Waals surface area (Å²) >= 11 is 0. The first-order valence-corrected chi connectivity index (χ1v) is 9.82. The normalized spacial score (nSPS) is 10.8.